The fraction of sp³-hybridized carbons (Fsp3) is 0.652. The molecule has 30 heavy (non-hydrogen) atoms. The Morgan fingerprint density at radius 3 is 2.23 bits per heavy atom. The molecule has 0 bridgehead atoms. The van der Waals surface area contributed by atoms with E-state index in [0.717, 1.165) is 57.7 Å². The first kappa shape index (κ1) is 21.0. The molecule has 0 atom stereocenters. The van der Waals surface area contributed by atoms with Gasteiger partial charge in [0.15, 0.2) is 0 Å². The van der Waals surface area contributed by atoms with Crippen LogP contribution in [0.4, 0.5) is 9.59 Å². The molecule has 0 aromatic heterocycles. The third kappa shape index (κ3) is 4.72. The molecule has 3 heterocycles. The molecule has 4 rings (SSSR count). The van der Waals surface area contributed by atoms with Crippen molar-refractivity contribution in [2.24, 2.45) is 5.41 Å². The Bertz CT molecular complexity index is 754. The van der Waals surface area contributed by atoms with Gasteiger partial charge in [-0.3, -0.25) is 4.90 Å². The number of carbonyl (C=O) groups excluding carboxylic acids is 2. The van der Waals surface area contributed by atoms with Gasteiger partial charge in [0.1, 0.15) is 12.2 Å². The van der Waals surface area contributed by atoms with Crippen molar-refractivity contribution < 1.29 is 19.1 Å². The first-order valence-electron chi connectivity index (χ1n) is 10.9. The highest BCUT2D eigenvalue weighted by Crippen LogP contribution is 2.42. The maximum Gasteiger partial charge on any atom is 0.410 e. The lowest BCUT2D eigenvalue weighted by Crippen LogP contribution is -2.70. The largest absolute Gasteiger partial charge is 0.445 e. The zero-order valence-electron chi connectivity index (χ0n) is 18.3. The third-order valence-electron chi connectivity index (χ3n) is 6.39. The Balaban J connectivity index is 1.14. The van der Waals surface area contributed by atoms with Crippen LogP contribution < -0.4 is 0 Å². The number of ether oxygens (including phenoxy) is 2. The Hall–Kier alpha value is -2.28. The second-order valence-corrected chi connectivity index (χ2v) is 9.97. The lowest BCUT2D eigenvalue weighted by molar-refractivity contribution is -0.100. The standard InChI is InChI=1S/C23H33N3O4/c1-22(2,3)30-21(28)24-11-9-23(10-12-24)16-26(17-23)19-13-25(14-19)20(27)29-15-18-7-5-4-6-8-18/h4-8,19H,9-17H2,1-3H3. The fourth-order valence-electron chi connectivity index (χ4n) is 4.53. The number of likely N-dealkylation sites (tertiary alicyclic amines) is 3. The van der Waals surface area contributed by atoms with Crippen LogP contribution >= 0.6 is 0 Å². The SMILES string of the molecule is CC(C)(C)OC(=O)N1CCC2(CC1)CN(C1CN(C(=O)OCc3ccccc3)C1)C2. The van der Waals surface area contributed by atoms with Gasteiger partial charge in [-0.1, -0.05) is 30.3 Å². The molecular weight excluding hydrogens is 382 g/mol. The highest BCUT2D eigenvalue weighted by Gasteiger charge is 2.50. The molecule has 3 aliphatic heterocycles. The lowest BCUT2D eigenvalue weighted by Gasteiger charge is -2.59. The first-order chi connectivity index (χ1) is 14.2. The molecule has 3 saturated heterocycles. The summed E-state index contributed by atoms with van der Waals surface area (Å²) >= 11 is 0. The van der Waals surface area contributed by atoms with Crippen LogP contribution in [-0.2, 0) is 16.1 Å². The van der Waals surface area contributed by atoms with Crippen LogP contribution in [0, 0.1) is 5.41 Å². The highest BCUT2D eigenvalue weighted by atomic mass is 16.6. The fourth-order valence-corrected chi connectivity index (χ4v) is 4.53. The zero-order chi connectivity index (χ0) is 21.4. The molecule has 1 aromatic carbocycles. The number of carbonyl (C=O) groups is 2. The second kappa shape index (κ2) is 8.10. The van der Waals surface area contributed by atoms with E-state index in [-0.39, 0.29) is 12.2 Å². The van der Waals surface area contributed by atoms with Crippen LogP contribution in [0.25, 0.3) is 0 Å². The molecule has 164 valence electrons. The van der Waals surface area contributed by atoms with E-state index in [1.807, 2.05) is 56.0 Å². The summed E-state index contributed by atoms with van der Waals surface area (Å²) in [6, 6.07) is 10.2. The summed E-state index contributed by atoms with van der Waals surface area (Å²) in [5.74, 6) is 0. The van der Waals surface area contributed by atoms with Gasteiger partial charge in [-0.25, -0.2) is 9.59 Å². The quantitative estimate of drug-likeness (QED) is 0.758. The Morgan fingerprint density at radius 2 is 1.63 bits per heavy atom. The molecule has 1 aromatic rings. The third-order valence-corrected chi connectivity index (χ3v) is 6.39. The molecule has 2 amide bonds. The van der Waals surface area contributed by atoms with E-state index in [1.165, 1.54) is 0 Å². The van der Waals surface area contributed by atoms with Gasteiger partial charge < -0.3 is 19.3 Å². The van der Waals surface area contributed by atoms with Crippen LogP contribution in [-0.4, -0.2) is 77.8 Å². The molecule has 0 unspecified atom stereocenters. The molecular formula is C23H33N3O4. The summed E-state index contributed by atoms with van der Waals surface area (Å²) in [6.45, 7) is 11.2. The molecule has 7 heteroatoms. The van der Waals surface area contributed by atoms with Gasteiger partial charge in [0.2, 0.25) is 0 Å². The average Bonchev–Trinajstić information content (AvgIpc) is 2.64. The first-order valence-corrected chi connectivity index (χ1v) is 10.9. The minimum absolute atomic E-state index is 0.197. The minimum atomic E-state index is -0.447. The smallest absolute Gasteiger partial charge is 0.410 e. The van der Waals surface area contributed by atoms with Crippen LogP contribution in [0.2, 0.25) is 0 Å². The summed E-state index contributed by atoms with van der Waals surface area (Å²) in [5.41, 5.74) is 0.884. The zero-order valence-corrected chi connectivity index (χ0v) is 18.3. The maximum atomic E-state index is 12.2. The second-order valence-electron chi connectivity index (χ2n) is 9.97. The van der Waals surface area contributed by atoms with E-state index < -0.39 is 5.60 Å². The van der Waals surface area contributed by atoms with Crippen molar-refractivity contribution in [1.29, 1.82) is 0 Å². The highest BCUT2D eigenvalue weighted by molar-refractivity contribution is 5.69. The van der Waals surface area contributed by atoms with Crippen LogP contribution in [0.3, 0.4) is 0 Å². The van der Waals surface area contributed by atoms with Crippen molar-refractivity contribution in [2.75, 3.05) is 39.3 Å². The predicted molar refractivity (Wildman–Crippen MR) is 113 cm³/mol. The number of benzene rings is 1. The minimum Gasteiger partial charge on any atom is -0.445 e. The summed E-state index contributed by atoms with van der Waals surface area (Å²) < 4.78 is 10.9. The summed E-state index contributed by atoms with van der Waals surface area (Å²) in [5, 5.41) is 0. The van der Waals surface area contributed by atoms with Crippen molar-refractivity contribution in [3.05, 3.63) is 35.9 Å². The molecule has 0 radical (unpaired) electrons. The number of hydrogen-bond acceptors (Lipinski definition) is 5. The Labute approximate surface area is 178 Å². The molecule has 0 N–H and O–H groups in total. The van der Waals surface area contributed by atoms with Gasteiger partial charge in [-0.2, -0.15) is 0 Å². The van der Waals surface area contributed by atoms with Gasteiger partial charge in [0.05, 0.1) is 0 Å². The van der Waals surface area contributed by atoms with Crippen LogP contribution in [0.1, 0.15) is 39.2 Å². The Morgan fingerprint density at radius 1 is 1.00 bits per heavy atom. The van der Waals surface area contributed by atoms with E-state index in [4.69, 9.17) is 9.47 Å². The topological polar surface area (TPSA) is 62.3 Å². The van der Waals surface area contributed by atoms with Crippen molar-refractivity contribution >= 4 is 12.2 Å². The van der Waals surface area contributed by atoms with Crippen molar-refractivity contribution in [2.45, 2.75) is 51.9 Å². The molecule has 0 aliphatic carbocycles. The Kier molecular flexibility index (Phi) is 5.66. The molecule has 1 spiro atoms. The van der Waals surface area contributed by atoms with E-state index in [1.54, 1.807) is 4.90 Å². The van der Waals surface area contributed by atoms with Gasteiger partial charge in [-0.15, -0.1) is 0 Å². The monoisotopic (exact) mass is 415 g/mol. The number of amides is 2. The van der Waals surface area contributed by atoms with Crippen molar-refractivity contribution in [3.63, 3.8) is 0 Å². The summed E-state index contributed by atoms with van der Waals surface area (Å²) in [4.78, 5) is 30.5. The average molecular weight is 416 g/mol. The molecule has 3 aliphatic rings. The number of nitrogens with zero attached hydrogens (tertiary/aromatic N) is 3. The summed E-state index contributed by atoms with van der Waals surface area (Å²) in [7, 11) is 0. The molecule has 3 fully saturated rings. The van der Waals surface area contributed by atoms with Gasteiger partial charge in [0, 0.05) is 45.3 Å². The van der Waals surface area contributed by atoms with Crippen molar-refractivity contribution in [3.8, 4) is 0 Å². The predicted octanol–water partition coefficient (Wildman–Crippen LogP) is 3.34. The molecule has 7 nitrogen and oxygen atoms in total. The van der Waals surface area contributed by atoms with Crippen LogP contribution in [0.5, 0.6) is 0 Å². The van der Waals surface area contributed by atoms with E-state index in [9.17, 15) is 9.59 Å². The van der Waals surface area contributed by atoms with Gasteiger partial charge in [0.25, 0.3) is 0 Å². The number of rotatable bonds is 3. The lowest BCUT2D eigenvalue weighted by atomic mass is 9.71. The number of piperidine rings is 1. The van der Waals surface area contributed by atoms with E-state index in [0.29, 0.717) is 18.1 Å². The van der Waals surface area contributed by atoms with Gasteiger partial charge in [-0.05, 0) is 44.6 Å². The maximum absolute atomic E-state index is 12.2. The van der Waals surface area contributed by atoms with E-state index in [2.05, 4.69) is 4.90 Å². The van der Waals surface area contributed by atoms with E-state index >= 15 is 0 Å². The normalized spacial score (nSPS) is 21.7. The van der Waals surface area contributed by atoms with Crippen LogP contribution in [0.15, 0.2) is 30.3 Å². The summed E-state index contributed by atoms with van der Waals surface area (Å²) in [6.07, 6.45) is 1.63. The number of hydrogen-bond donors (Lipinski definition) is 0. The van der Waals surface area contributed by atoms with Gasteiger partial charge >= 0.3 is 12.2 Å². The van der Waals surface area contributed by atoms with Crippen molar-refractivity contribution in [1.82, 2.24) is 14.7 Å². The molecule has 0 saturated carbocycles.